The third-order valence-corrected chi connectivity index (χ3v) is 4.44. The Bertz CT molecular complexity index is 878. The van der Waals surface area contributed by atoms with Crippen LogP contribution < -0.4 is 0 Å². The lowest BCUT2D eigenvalue weighted by atomic mass is 10.2. The van der Waals surface area contributed by atoms with Crippen molar-refractivity contribution in [3.05, 3.63) is 59.0 Å². The predicted molar refractivity (Wildman–Crippen MR) is 94.5 cm³/mol. The van der Waals surface area contributed by atoms with Gasteiger partial charge < -0.3 is 4.52 Å². The number of rotatable bonds is 6. The summed E-state index contributed by atoms with van der Waals surface area (Å²) in [4.78, 5) is 6.70. The Morgan fingerprint density at radius 3 is 2.76 bits per heavy atom. The summed E-state index contributed by atoms with van der Waals surface area (Å²) in [5.74, 6) is 2.07. The zero-order valence-electron chi connectivity index (χ0n) is 14.9. The Morgan fingerprint density at radius 1 is 1.20 bits per heavy atom. The molecule has 0 N–H and O–H groups in total. The van der Waals surface area contributed by atoms with Crippen LogP contribution in [-0.4, -0.2) is 31.9 Å². The maximum atomic E-state index is 5.33. The molecule has 1 aromatic carbocycles. The van der Waals surface area contributed by atoms with E-state index >= 15 is 0 Å². The number of hydrogen-bond donors (Lipinski definition) is 0. The van der Waals surface area contributed by atoms with Crippen LogP contribution in [0.3, 0.4) is 0 Å². The van der Waals surface area contributed by atoms with E-state index in [1.165, 1.54) is 18.4 Å². The van der Waals surface area contributed by atoms with Crippen LogP contribution in [0.1, 0.15) is 47.4 Å². The smallest absolute Gasteiger partial charge is 0.229 e. The summed E-state index contributed by atoms with van der Waals surface area (Å²) < 4.78 is 7.32. The van der Waals surface area contributed by atoms with Gasteiger partial charge in [-0.15, -0.1) is 0 Å². The zero-order chi connectivity index (χ0) is 17.4. The summed E-state index contributed by atoms with van der Waals surface area (Å²) in [5, 5.41) is 8.66. The van der Waals surface area contributed by atoms with Crippen molar-refractivity contribution in [1.82, 2.24) is 24.8 Å². The Kier molecular flexibility index (Phi) is 4.13. The molecule has 130 valence electrons. The number of benzene rings is 1. The van der Waals surface area contributed by atoms with Gasteiger partial charge in [-0.2, -0.15) is 10.1 Å². The lowest BCUT2D eigenvalue weighted by Crippen LogP contribution is -2.18. The molecule has 6 nitrogen and oxygen atoms in total. The highest BCUT2D eigenvalue weighted by molar-refractivity contribution is 5.37. The molecule has 2 heterocycles. The molecule has 3 aromatic rings. The lowest BCUT2D eigenvalue weighted by molar-refractivity contribution is 0.299. The van der Waals surface area contributed by atoms with Gasteiger partial charge in [-0.05, 0) is 57.5 Å². The first kappa shape index (κ1) is 16.0. The highest BCUT2D eigenvalue weighted by Gasteiger charge is 2.29. The molecule has 1 aliphatic carbocycles. The van der Waals surface area contributed by atoms with E-state index in [1.807, 2.05) is 11.6 Å². The van der Waals surface area contributed by atoms with Gasteiger partial charge in [0.2, 0.25) is 5.89 Å². The Morgan fingerprint density at radius 2 is 2.04 bits per heavy atom. The third kappa shape index (κ3) is 3.64. The van der Waals surface area contributed by atoms with Gasteiger partial charge in [0.05, 0.1) is 17.9 Å². The average molecular weight is 337 g/mol. The van der Waals surface area contributed by atoms with Crippen LogP contribution in [0.15, 0.2) is 34.9 Å². The van der Waals surface area contributed by atoms with Gasteiger partial charge in [0.15, 0.2) is 5.82 Å². The molecule has 4 rings (SSSR count). The van der Waals surface area contributed by atoms with Crippen LogP contribution in [0.2, 0.25) is 0 Å². The largest absolute Gasteiger partial charge is 0.339 e. The lowest BCUT2D eigenvalue weighted by Gasteiger charge is -2.15. The Hall–Kier alpha value is -2.47. The fourth-order valence-corrected chi connectivity index (χ4v) is 3.11. The van der Waals surface area contributed by atoms with E-state index in [0.29, 0.717) is 12.5 Å². The van der Waals surface area contributed by atoms with Crippen LogP contribution in [0.4, 0.5) is 0 Å². The van der Waals surface area contributed by atoms with Gasteiger partial charge >= 0.3 is 0 Å². The van der Waals surface area contributed by atoms with Gasteiger partial charge in [-0.3, -0.25) is 4.90 Å². The number of aromatic nitrogens is 4. The van der Waals surface area contributed by atoms with Crippen LogP contribution >= 0.6 is 0 Å². The van der Waals surface area contributed by atoms with Crippen molar-refractivity contribution >= 4 is 0 Å². The topological polar surface area (TPSA) is 60.0 Å². The minimum absolute atomic E-state index is 0.504. The van der Waals surface area contributed by atoms with Gasteiger partial charge in [-0.1, -0.05) is 17.3 Å². The summed E-state index contributed by atoms with van der Waals surface area (Å²) >= 11 is 0. The molecule has 1 aliphatic rings. The third-order valence-electron chi connectivity index (χ3n) is 4.44. The molecule has 0 aliphatic heterocycles. The molecular formula is C19H23N5O. The molecule has 1 fully saturated rings. The molecular weight excluding hydrogens is 314 g/mol. The summed E-state index contributed by atoms with van der Waals surface area (Å²) in [7, 11) is 2.07. The van der Waals surface area contributed by atoms with E-state index in [9.17, 15) is 0 Å². The van der Waals surface area contributed by atoms with Crippen molar-refractivity contribution in [1.29, 1.82) is 0 Å². The van der Waals surface area contributed by atoms with Crippen molar-refractivity contribution in [2.45, 2.75) is 45.7 Å². The van der Waals surface area contributed by atoms with E-state index in [1.54, 1.807) is 0 Å². The molecule has 0 saturated heterocycles. The first-order chi connectivity index (χ1) is 12.1. The number of hydrogen-bond acceptors (Lipinski definition) is 5. The Labute approximate surface area is 147 Å². The van der Waals surface area contributed by atoms with E-state index in [0.717, 1.165) is 35.3 Å². The normalized spacial score (nSPS) is 14.4. The number of nitrogens with zero attached hydrogens (tertiary/aromatic N) is 5. The van der Waals surface area contributed by atoms with Crippen molar-refractivity contribution < 1.29 is 4.52 Å². The first-order valence-electron chi connectivity index (χ1n) is 8.72. The van der Waals surface area contributed by atoms with Crippen LogP contribution in [-0.2, 0) is 13.1 Å². The van der Waals surface area contributed by atoms with Crippen molar-refractivity contribution in [3.8, 4) is 5.69 Å². The molecule has 0 spiro atoms. The maximum absolute atomic E-state index is 5.33. The quantitative estimate of drug-likeness (QED) is 0.690. The van der Waals surface area contributed by atoms with Crippen molar-refractivity contribution in [2.75, 3.05) is 7.05 Å². The van der Waals surface area contributed by atoms with Crippen molar-refractivity contribution in [3.63, 3.8) is 0 Å². The van der Waals surface area contributed by atoms with E-state index in [2.05, 4.69) is 64.4 Å². The van der Waals surface area contributed by atoms with Gasteiger partial charge in [0, 0.05) is 18.2 Å². The summed E-state index contributed by atoms with van der Waals surface area (Å²) in [6.45, 7) is 5.59. The highest BCUT2D eigenvalue weighted by Crippen LogP contribution is 2.38. The molecule has 0 amide bonds. The van der Waals surface area contributed by atoms with Gasteiger partial charge in [0.25, 0.3) is 0 Å². The monoisotopic (exact) mass is 337 g/mol. The molecule has 0 atom stereocenters. The predicted octanol–water partition coefficient (Wildman–Crippen LogP) is 3.38. The second kappa shape index (κ2) is 6.44. The first-order valence-corrected chi connectivity index (χ1v) is 8.72. The standard InChI is InChI=1S/C19H23N5O/c1-13-9-14(2)24(21-13)17-6-4-5-15(10-17)11-23(3)12-18-20-19(25-22-18)16-7-8-16/h4-6,9-10,16H,7-8,11-12H2,1-3H3. The van der Waals surface area contributed by atoms with Crippen LogP contribution in [0, 0.1) is 13.8 Å². The fourth-order valence-electron chi connectivity index (χ4n) is 3.11. The van der Waals surface area contributed by atoms with Crippen LogP contribution in [0.5, 0.6) is 0 Å². The summed E-state index contributed by atoms with van der Waals surface area (Å²) in [6, 6.07) is 10.6. The molecule has 0 bridgehead atoms. The van der Waals surface area contributed by atoms with E-state index in [-0.39, 0.29) is 0 Å². The average Bonchev–Trinajstić information content (AvgIpc) is 3.23. The summed E-state index contributed by atoms with van der Waals surface area (Å²) in [6.07, 6.45) is 2.35. The van der Waals surface area contributed by atoms with E-state index in [4.69, 9.17) is 4.52 Å². The molecule has 1 saturated carbocycles. The molecule has 0 radical (unpaired) electrons. The van der Waals surface area contributed by atoms with Gasteiger partial charge in [-0.25, -0.2) is 4.68 Å². The highest BCUT2D eigenvalue weighted by atomic mass is 16.5. The Balaban J connectivity index is 1.44. The minimum Gasteiger partial charge on any atom is -0.339 e. The molecule has 2 aromatic heterocycles. The SMILES string of the molecule is Cc1cc(C)n(-c2cccc(CN(C)Cc3noc(C4CC4)n3)c2)n1. The maximum Gasteiger partial charge on any atom is 0.229 e. The second-order valence-corrected chi connectivity index (χ2v) is 7.00. The molecule has 6 heteroatoms. The second-order valence-electron chi connectivity index (χ2n) is 7.00. The minimum atomic E-state index is 0.504. The van der Waals surface area contributed by atoms with Crippen LogP contribution in [0.25, 0.3) is 5.69 Å². The van der Waals surface area contributed by atoms with E-state index < -0.39 is 0 Å². The van der Waals surface area contributed by atoms with Crippen molar-refractivity contribution in [2.24, 2.45) is 0 Å². The fraction of sp³-hybridized carbons (Fsp3) is 0.421. The molecule has 0 unspecified atom stereocenters. The summed E-state index contributed by atoms with van der Waals surface area (Å²) in [5.41, 5.74) is 4.50. The zero-order valence-corrected chi connectivity index (χ0v) is 14.9. The van der Waals surface area contributed by atoms with Gasteiger partial charge in [0.1, 0.15) is 0 Å². The molecule has 25 heavy (non-hydrogen) atoms. The number of aryl methyl sites for hydroxylation is 2.